The summed E-state index contributed by atoms with van der Waals surface area (Å²) < 4.78 is 21.1. The Hall–Kier alpha value is -0.260. The molecule has 174 valence electrons. The van der Waals surface area contributed by atoms with Crippen LogP contribution in [0.3, 0.4) is 0 Å². The summed E-state index contributed by atoms with van der Waals surface area (Å²) in [5.74, 6) is 0.837. The quantitative estimate of drug-likeness (QED) is 0.0997. The van der Waals surface area contributed by atoms with Crippen LogP contribution in [0, 0.1) is 0 Å². The van der Waals surface area contributed by atoms with Crippen molar-refractivity contribution in [2.24, 2.45) is 0 Å². The topological polar surface area (TPSA) is 55.8 Å². The van der Waals surface area contributed by atoms with Crippen LogP contribution in [0.5, 0.6) is 11.5 Å². The van der Waals surface area contributed by atoms with Gasteiger partial charge in [-0.2, -0.15) is 0 Å². The van der Waals surface area contributed by atoms with Gasteiger partial charge in [-0.3, -0.25) is 0 Å². The van der Waals surface area contributed by atoms with Gasteiger partial charge in [0.2, 0.25) is 0 Å². The van der Waals surface area contributed by atoms with Crippen LogP contribution in [0.2, 0.25) is 0 Å². The molecule has 0 radical (unpaired) electrons. The van der Waals surface area contributed by atoms with Crippen molar-refractivity contribution in [3.63, 3.8) is 0 Å². The number of hydrogen-bond donors (Lipinski definition) is 1. The largest absolute Gasteiger partial charge is 0.424 e. The molecule has 1 aromatic rings. The van der Waals surface area contributed by atoms with Gasteiger partial charge in [0.1, 0.15) is 0 Å². The second kappa shape index (κ2) is 19.4. The fourth-order valence-corrected chi connectivity index (χ4v) is 4.53. The third-order valence-corrected chi connectivity index (χ3v) is 6.48. The lowest BCUT2D eigenvalue weighted by Crippen LogP contribution is -1.90. The highest BCUT2D eigenvalue weighted by Crippen LogP contribution is 2.35. The van der Waals surface area contributed by atoms with Crippen LogP contribution in [0.4, 0.5) is 0 Å². The molecule has 30 heavy (non-hydrogen) atoms. The Morgan fingerprint density at radius 1 is 0.767 bits per heavy atom. The van der Waals surface area contributed by atoms with Crippen molar-refractivity contribution in [3.8, 4) is 11.5 Å². The fraction of sp³-hybridized carbons (Fsp3) is 0.750. The number of unbranched alkanes of at least 4 members (excludes halogenated alkanes) is 15. The standard InChI is InChI=1S/C24H42IO4P/c1-2-3-4-5-6-7-8-9-10-11-12-13-14-15-16-17-18-22-19-20-23(28-25)24(21-22)29-30(26)27/h19-21,30H,2-18H2,1H3,(H,26,27). The third kappa shape index (κ3) is 14.7. The van der Waals surface area contributed by atoms with Crippen molar-refractivity contribution in [2.75, 3.05) is 0 Å². The summed E-state index contributed by atoms with van der Waals surface area (Å²) in [6.45, 7) is 2.28. The first kappa shape index (κ1) is 27.8. The molecular formula is C24H42IO4P. The molecule has 0 aromatic heterocycles. The number of halogens is 1. The summed E-state index contributed by atoms with van der Waals surface area (Å²) in [6, 6.07) is 5.62. The van der Waals surface area contributed by atoms with Crippen LogP contribution in [0.25, 0.3) is 0 Å². The Labute approximate surface area is 199 Å². The van der Waals surface area contributed by atoms with Crippen LogP contribution in [0.15, 0.2) is 18.2 Å². The molecule has 0 aliphatic rings. The highest BCUT2D eigenvalue weighted by molar-refractivity contribution is 14.1. The maximum Gasteiger partial charge on any atom is 0.365 e. The zero-order valence-electron chi connectivity index (χ0n) is 18.8. The van der Waals surface area contributed by atoms with E-state index in [9.17, 15) is 4.57 Å². The molecule has 0 bridgehead atoms. The molecule has 6 heteroatoms. The van der Waals surface area contributed by atoms with Gasteiger partial charge in [-0.1, -0.05) is 109 Å². The smallest absolute Gasteiger partial charge is 0.365 e. The Morgan fingerprint density at radius 2 is 1.23 bits per heavy atom. The first-order chi connectivity index (χ1) is 14.7. The maximum absolute atomic E-state index is 11.0. The van der Waals surface area contributed by atoms with Crippen molar-refractivity contribution < 1.29 is 17.0 Å². The molecule has 0 spiro atoms. The minimum absolute atomic E-state index is 0.352. The van der Waals surface area contributed by atoms with Crippen molar-refractivity contribution in [1.82, 2.24) is 0 Å². The molecule has 1 rings (SSSR count). The average Bonchev–Trinajstić information content (AvgIpc) is 2.73. The van der Waals surface area contributed by atoms with Gasteiger partial charge in [-0.25, -0.2) is 4.57 Å². The van der Waals surface area contributed by atoms with Gasteiger partial charge < -0.3 is 12.5 Å². The van der Waals surface area contributed by atoms with Gasteiger partial charge >= 0.3 is 8.25 Å². The van der Waals surface area contributed by atoms with E-state index in [0.29, 0.717) is 11.5 Å². The van der Waals surface area contributed by atoms with Crippen LogP contribution >= 0.6 is 31.3 Å². The second-order valence-corrected chi connectivity index (χ2v) is 9.46. The molecule has 0 aliphatic heterocycles. The van der Waals surface area contributed by atoms with Crippen LogP contribution < -0.4 is 7.59 Å². The van der Waals surface area contributed by atoms with Gasteiger partial charge in [0.25, 0.3) is 0 Å². The van der Waals surface area contributed by atoms with Gasteiger partial charge in [-0.15, -0.1) is 0 Å². The fourth-order valence-electron chi connectivity index (χ4n) is 3.82. The zero-order valence-corrected chi connectivity index (χ0v) is 22.0. The van der Waals surface area contributed by atoms with Gasteiger partial charge in [0, 0.05) is 0 Å². The first-order valence-electron chi connectivity index (χ1n) is 12.0. The van der Waals surface area contributed by atoms with E-state index < -0.39 is 8.25 Å². The molecule has 1 N–H and O–H groups in total. The first-order valence-corrected chi connectivity index (χ1v) is 14.1. The molecule has 0 saturated heterocycles. The lowest BCUT2D eigenvalue weighted by Gasteiger charge is -2.09. The van der Waals surface area contributed by atoms with Crippen molar-refractivity contribution in [3.05, 3.63) is 23.8 Å². The predicted octanol–water partition coefficient (Wildman–Crippen LogP) is 8.98. The Morgan fingerprint density at radius 3 is 1.67 bits per heavy atom. The highest BCUT2D eigenvalue weighted by atomic mass is 127. The molecule has 0 heterocycles. The van der Waals surface area contributed by atoms with E-state index in [2.05, 4.69) is 6.92 Å². The minimum atomic E-state index is -3.02. The molecule has 1 atom stereocenters. The average molecular weight is 552 g/mol. The molecule has 0 fully saturated rings. The molecule has 1 unspecified atom stereocenters. The van der Waals surface area contributed by atoms with E-state index in [1.54, 1.807) is 29.1 Å². The van der Waals surface area contributed by atoms with Crippen LogP contribution in [-0.2, 0) is 11.0 Å². The Kier molecular flexibility index (Phi) is 18.0. The molecule has 0 saturated carbocycles. The molecule has 4 nitrogen and oxygen atoms in total. The molecular weight excluding hydrogens is 510 g/mol. The summed E-state index contributed by atoms with van der Waals surface area (Å²) in [4.78, 5) is 9.01. The Balaban J connectivity index is 1.96. The van der Waals surface area contributed by atoms with E-state index >= 15 is 0 Å². The van der Waals surface area contributed by atoms with Gasteiger partial charge in [0.05, 0.1) is 0 Å². The number of aryl methyl sites for hydroxylation is 1. The summed E-state index contributed by atoms with van der Waals surface area (Å²) >= 11 is 1.75. The summed E-state index contributed by atoms with van der Waals surface area (Å²) in [6.07, 6.45) is 22.9. The normalized spacial score (nSPS) is 12.1. The molecule has 0 amide bonds. The summed E-state index contributed by atoms with van der Waals surface area (Å²) in [7, 11) is -3.02. The van der Waals surface area contributed by atoms with Crippen molar-refractivity contribution in [2.45, 2.75) is 116 Å². The number of hydrogen-bond acceptors (Lipinski definition) is 3. The van der Waals surface area contributed by atoms with E-state index in [4.69, 9.17) is 12.5 Å². The van der Waals surface area contributed by atoms with Gasteiger partial charge in [-0.05, 0) is 30.5 Å². The minimum Gasteiger partial charge on any atom is -0.424 e. The van der Waals surface area contributed by atoms with E-state index in [1.165, 1.54) is 96.3 Å². The predicted molar refractivity (Wildman–Crippen MR) is 136 cm³/mol. The molecule has 1 aromatic carbocycles. The van der Waals surface area contributed by atoms with Crippen LogP contribution in [0.1, 0.15) is 115 Å². The van der Waals surface area contributed by atoms with Gasteiger partial charge in [0.15, 0.2) is 34.5 Å². The SMILES string of the molecule is CCCCCCCCCCCCCCCCCCc1ccc(OI)c(O[PH](=O)O)c1. The zero-order chi connectivity index (χ0) is 21.9. The van der Waals surface area contributed by atoms with E-state index in [-0.39, 0.29) is 0 Å². The van der Waals surface area contributed by atoms with Crippen molar-refractivity contribution >= 4 is 31.3 Å². The van der Waals surface area contributed by atoms with Crippen LogP contribution in [-0.4, -0.2) is 4.89 Å². The lowest BCUT2D eigenvalue weighted by atomic mass is 10.0. The van der Waals surface area contributed by atoms with E-state index in [1.807, 2.05) is 12.1 Å². The Bertz CT molecular complexity index is 568. The third-order valence-electron chi connectivity index (χ3n) is 5.61. The summed E-state index contributed by atoms with van der Waals surface area (Å²) in [5.41, 5.74) is 1.12. The monoisotopic (exact) mass is 552 g/mol. The maximum atomic E-state index is 11.0. The van der Waals surface area contributed by atoms with E-state index in [0.717, 1.165) is 18.4 Å². The highest BCUT2D eigenvalue weighted by Gasteiger charge is 2.08. The number of rotatable bonds is 20. The second-order valence-electron chi connectivity index (χ2n) is 8.28. The molecule has 0 aliphatic carbocycles. The van der Waals surface area contributed by atoms with Crippen molar-refractivity contribution in [1.29, 1.82) is 0 Å². The summed E-state index contributed by atoms with van der Waals surface area (Å²) in [5, 5.41) is 0. The lowest BCUT2D eigenvalue weighted by molar-refractivity contribution is 0.405. The number of benzene rings is 1.